The summed E-state index contributed by atoms with van der Waals surface area (Å²) in [6.45, 7) is 0. The maximum atomic E-state index is 9.31. The number of aliphatic hydroxyl groups is 1. The zero-order chi connectivity index (χ0) is 10.4. The Morgan fingerprint density at radius 2 is 2.07 bits per heavy atom. The van der Waals surface area contributed by atoms with Crippen LogP contribution in [-0.4, -0.2) is 24.1 Å². The summed E-state index contributed by atoms with van der Waals surface area (Å²) in [5, 5.41) is 9.31. The minimum Gasteiger partial charge on any atom is -0.409 e. The maximum Gasteiger partial charge on any atom is 0.147 e. The summed E-state index contributed by atoms with van der Waals surface area (Å²) < 4.78 is 0. The fourth-order valence-electron chi connectivity index (χ4n) is 1.14. The highest BCUT2D eigenvalue weighted by molar-refractivity contribution is 6.18. The van der Waals surface area contributed by atoms with Gasteiger partial charge in [-0.3, -0.25) is 0 Å². The van der Waals surface area contributed by atoms with E-state index in [0.29, 0.717) is 6.42 Å². The Balaban J connectivity index is 2.54. The summed E-state index contributed by atoms with van der Waals surface area (Å²) in [6, 6.07) is 7.49. The highest BCUT2D eigenvalue weighted by Gasteiger charge is 2.03. The van der Waals surface area contributed by atoms with E-state index in [2.05, 4.69) is 5.48 Å². The lowest BCUT2D eigenvalue weighted by atomic mass is 10.1. The maximum absolute atomic E-state index is 9.31. The van der Waals surface area contributed by atoms with E-state index in [9.17, 15) is 5.11 Å². The van der Waals surface area contributed by atoms with Crippen LogP contribution in [0.1, 0.15) is 5.56 Å². The zero-order valence-corrected chi connectivity index (χ0v) is 8.79. The van der Waals surface area contributed by atoms with Crippen LogP contribution in [0.4, 0.5) is 0 Å². The van der Waals surface area contributed by atoms with Gasteiger partial charge >= 0.3 is 0 Å². The van der Waals surface area contributed by atoms with Crippen molar-refractivity contribution in [2.45, 2.75) is 12.5 Å². The summed E-state index contributed by atoms with van der Waals surface area (Å²) in [7, 11) is 1.70. The van der Waals surface area contributed by atoms with Gasteiger partial charge in [0.25, 0.3) is 0 Å². The number of hydrogen-bond donors (Lipinski definition) is 2. The molecule has 0 aliphatic heterocycles. The molecule has 0 bridgehead atoms. The highest BCUT2D eigenvalue weighted by atomic mass is 35.5. The predicted octanol–water partition coefficient (Wildman–Crippen LogP) is 1.34. The molecule has 0 spiro atoms. The molecule has 14 heavy (non-hydrogen) atoms. The van der Waals surface area contributed by atoms with E-state index in [1.807, 2.05) is 24.3 Å². The minimum absolute atomic E-state index is 0.259. The fourth-order valence-corrected chi connectivity index (χ4v) is 1.25. The second-order valence-corrected chi connectivity index (χ2v) is 3.27. The van der Waals surface area contributed by atoms with Gasteiger partial charge in [0.05, 0.1) is 6.10 Å². The zero-order valence-electron chi connectivity index (χ0n) is 8.03. The first kappa shape index (κ1) is 11.3. The molecule has 3 nitrogen and oxygen atoms in total. The van der Waals surface area contributed by atoms with Crippen LogP contribution in [0.2, 0.25) is 0 Å². The van der Waals surface area contributed by atoms with Crippen LogP contribution in [0.3, 0.4) is 0 Å². The molecule has 0 aromatic heterocycles. The van der Waals surface area contributed by atoms with Gasteiger partial charge in [0, 0.05) is 12.9 Å². The Hall–Kier alpha value is -0.770. The van der Waals surface area contributed by atoms with Gasteiger partial charge in [-0.1, -0.05) is 12.1 Å². The molecular formula is C10H14ClNO2. The van der Waals surface area contributed by atoms with Crippen molar-refractivity contribution in [2.24, 2.45) is 0 Å². The number of benzene rings is 1. The van der Waals surface area contributed by atoms with E-state index in [4.69, 9.17) is 16.4 Å². The first-order chi connectivity index (χ1) is 6.76. The van der Waals surface area contributed by atoms with Crippen molar-refractivity contribution in [3.63, 3.8) is 0 Å². The molecule has 0 fully saturated rings. The van der Waals surface area contributed by atoms with E-state index in [1.165, 1.54) is 0 Å². The number of aliphatic hydroxyl groups excluding tert-OH is 1. The van der Waals surface area contributed by atoms with Crippen molar-refractivity contribution in [3.05, 3.63) is 29.8 Å². The van der Waals surface area contributed by atoms with Crippen LogP contribution in [-0.2, 0) is 6.42 Å². The topological polar surface area (TPSA) is 41.5 Å². The SMILES string of the molecule is CNOc1ccc(C[C@@H](O)CCl)cc1. The smallest absolute Gasteiger partial charge is 0.147 e. The average Bonchev–Trinajstić information content (AvgIpc) is 2.21. The fraction of sp³-hybridized carbons (Fsp3) is 0.400. The van der Waals surface area contributed by atoms with E-state index < -0.39 is 6.10 Å². The third kappa shape index (κ3) is 3.54. The number of rotatable bonds is 5. The van der Waals surface area contributed by atoms with Crippen molar-refractivity contribution in [1.29, 1.82) is 0 Å². The molecule has 78 valence electrons. The molecule has 1 atom stereocenters. The molecule has 0 saturated carbocycles. The Kier molecular flexibility index (Phi) is 4.73. The summed E-state index contributed by atoms with van der Waals surface area (Å²) in [5.74, 6) is 1.01. The van der Waals surface area contributed by atoms with Crippen LogP contribution < -0.4 is 10.3 Å². The molecule has 4 heteroatoms. The lowest BCUT2D eigenvalue weighted by Gasteiger charge is -2.07. The first-order valence-electron chi connectivity index (χ1n) is 4.43. The van der Waals surface area contributed by atoms with Gasteiger partial charge in [0.1, 0.15) is 5.75 Å². The van der Waals surface area contributed by atoms with E-state index >= 15 is 0 Å². The quantitative estimate of drug-likeness (QED) is 0.576. The van der Waals surface area contributed by atoms with Crippen molar-refractivity contribution >= 4 is 11.6 Å². The van der Waals surface area contributed by atoms with Gasteiger partial charge in [-0.2, -0.15) is 5.48 Å². The molecule has 0 amide bonds. The largest absolute Gasteiger partial charge is 0.409 e. The molecule has 0 heterocycles. The normalized spacial score (nSPS) is 12.5. The highest BCUT2D eigenvalue weighted by Crippen LogP contribution is 2.12. The number of halogens is 1. The number of alkyl halides is 1. The Morgan fingerprint density at radius 3 is 2.57 bits per heavy atom. The molecule has 1 rings (SSSR count). The van der Waals surface area contributed by atoms with Crippen LogP contribution in [0, 0.1) is 0 Å². The Bertz CT molecular complexity index is 263. The van der Waals surface area contributed by atoms with Gasteiger partial charge in [0.15, 0.2) is 0 Å². The average molecular weight is 216 g/mol. The summed E-state index contributed by atoms with van der Waals surface area (Å²) in [6.07, 6.45) is 0.0938. The number of hydrogen-bond acceptors (Lipinski definition) is 3. The summed E-state index contributed by atoms with van der Waals surface area (Å²) in [5.41, 5.74) is 3.63. The van der Waals surface area contributed by atoms with Gasteiger partial charge in [-0.05, 0) is 24.1 Å². The lowest BCUT2D eigenvalue weighted by molar-refractivity contribution is 0.198. The second-order valence-electron chi connectivity index (χ2n) is 2.96. The van der Waals surface area contributed by atoms with Gasteiger partial charge in [0.2, 0.25) is 0 Å². The van der Waals surface area contributed by atoms with Crippen molar-refractivity contribution in [2.75, 3.05) is 12.9 Å². The lowest BCUT2D eigenvalue weighted by Crippen LogP contribution is -2.12. The Labute approximate surface area is 88.6 Å². The standard InChI is InChI=1S/C10H14ClNO2/c1-12-14-10-4-2-8(3-5-10)6-9(13)7-11/h2-5,9,12-13H,6-7H2,1H3/t9-/m1/s1. The molecule has 0 aliphatic carbocycles. The Morgan fingerprint density at radius 1 is 1.43 bits per heavy atom. The molecule has 1 aromatic carbocycles. The second kappa shape index (κ2) is 5.86. The van der Waals surface area contributed by atoms with Gasteiger partial charge in [-0.15, -0.1) is 11.6 Å². The number of hydroxylamine groups is 1. The van der Waals surface area contributed by atoms with Crippen LogP contribution in [0.25, 0.3) is 0 Å². The summed E-state index contributed by atoms with van der Waals surface area (Å²) >= 11 is 5.50. The molecular weight excluding hydrogens is 202 g/mol. The van der Waals surface area contributed by atoms with Crippen LogP contribution in [0.5, 0.6) is 5.75 Å². The van der Waals surface area contributed by atoms with E-state index in [-0.39, 0.29) is 5.88 Å². The van der Waals surface area contributed by atoms with Crippen molar-refractivity contribution in [1.82, 2.24) is 5.48 Å². The molecule has 0 unspecified atom stereocenters. The van der Waals surface area contributed by atoms with Crippen molar-refractivity contribution in [3.8, 4) is 5.75 Å². The third-order valence-corrected chi connectivity index (χ3v) is 2.15. The molecule has 0 saturated heterocycles. The van der Waals surface area contributed by atoms with Crippen molar-refractivity contribution < 1.29 is 9.94 Å². The predicted molar refractivity (Wildman–Crippen MR) is 56.6 cm³/mol. The van der Waals surface area contributed by atoms with E-state index in [1.54, 1.807) is 7.05 Å². The van der Waals surface area contributed by atoms with Gasteiger partial charge < -0.3 is 9.94 Å². The molecule has 0 radical (unpaired) electrons. The summed E-state index contributed by atoms with van der Waals surface area (Å²) in [4.78, 5) is 5.05. The van der Waals surface area contributed by atoms with Crippen LogP contribution in [0.15, 0.2) is 24.3 Å². The van der Waals surface area contributed by atoms with Gasteiger partial charge in [-0.25, -0.2) is 0 Å². The molecule has 2 N–H and O–H groups in total. The van der Waals surface area contributed by atoms with E-state index in [0.717, 1.165) is 11.3 Å². The van der Waals surface area contributed by atoms with Crippen LogP contribution >= 0.6 is 11.6 Å². The number of nitrogens with one attached hydrogen (secondary N) is 1. The monoisotopic (exact) mass is 215 g/mol. The molecule has 0 aliphatic rings. The first-order valence-corrected chi connectivity index (χ1v) is 4.96. The molecule has 1 aromatic rings. The minimum atomic E-state index is -0.479. The third-order valence-electron chi connectivity index (χ3n) is 1.79.